The van der Waals surface area contributed by atoms with E-state index in [1.807, 2.05) is 0 Å². The molecule has 0 spiro atoms. The molecule has 1 fully saturated rings. The van der Waals surface area contributed by atoms with Crippen LogP contribution in [0.25, 0.3) is 0 Å². The summed E-state index contributed by atoms with van der Waals surface area (Å²) in [5, 5.41) is 0. The molecule has 1 saturated carbocycles. The van der Waals surface area contributed by atoms with Gasteiger partial charge in [0.25, 0.3) is 0 Å². The molecule has 1 atom stereocenters. The summed E-state index contributed by atoms with van der Waals surface area (Å²) in [7, 11) is 0. The lowest BCUT2D eigenvalue weighted by atomic mass is 9.75. The summed E-state index contributed by atoms with van der Waals surface area (Å²) >= 11 is 0. The Morgan fingerprint density at radius 3 is 2.43 bits per heavy atom. The van der Waals surface area contributed by atoms with Crippen LogP contribution in [0.5, 0.6) is 0 Å². The van der Waals surface area contributed by atoms with Gasteiger partial charge < -0.3 is 4.90 Å². The van der Waals surface area contributed by atoms with E-state index in [9.17, 15) is 0 Å². The van der Waals surface area contributed by atoms with E-state index in [1.165, 1.54) is 30.6 Å². The van der Waals surface area contributed by atoms with Gasteiger partial charge >= 0.3 is 0 Å². The van der Waals surface area contributed by atoms with Gasteiger partial charge in [-0.3, -0.25) is 0 Å². The standard InChI is InChI=1S/C20H31N/c1-6-16(2)21(14-18-12-13-18)15-20(4,5)17(3)19-10-8-7-9-11-19/h7-11,17-18H,2,6,12-15H2,1,3-5H3. The molecule has 0 bridgehead atoms. The van der Waals surface area contributed by atoms with Crippen molar-refractivity contribution in [2.75, 3.05) is 13.1 Å². The topological polar surface area (TPSA) is 3.24 Å². The number of hydrogen-bond donors (Lipinski definition) is 0. The first-order chi connectivity index (χ1) is 9.94. The SMILES string of the molecule is C=C(CC)N(CC1CC1)CC(C)(C)C(C)c1ccccc1. The van der Waals surface area contributed by atoms with Crippen LogP contribution in [0.4, 0.5) is 0 Å². The number of hydrogen-bond acceptors (Lipinski definition) is 1. The second-order valence-corrected chi connectivity index (χ2v) is 7.36. The maximum Gasteiger partial charge on any atom is 0.0231 e. The van der Waals surface area contributed by atoms with E-state index in [4.69, 9.17) is 0 Å². The molecule has 21 heavy (non-hydrogen) atoms. The predicted molar refractivity (Wildman–Crippen MR) is 92.4 cm³/mol. The van der Waals surface area contributed by atoms with E-state index < -0.39 is 0 Å². The molecule has 1 aromatic rings. The van der Waals surface area contributed by atoms with Gasteiger partial charge in [0.15, 0.2) is 0 Å². The molecule has 2 rings (SSSR count). The first-order valence-electron chi connectivity index (χ1n) is 8.41. The van der Waals surface area contributed by atoms with E-state index >= 15 is 0 Å². The van der Waals surface area contributed by atoms with Crippen LogP contribution in [0.3, 0.4) is 0 Å². The van der Waals surface area contributed by atoms with E-state index in [2.05, 4.69) is 69.5 Å². The minimum atomic E-state index is 0.244. The van der Waals surface area contributed by atoms with Crippen molar-refractivity contribution in [3.63, 3.8) is 0 Å². The predicted octanol–water partition coefficient (Wildman–Crippen LogP) is 5.45. The highest BCUT2D eigenvalue weighted by Gasteiger charge is 2.32. The van der Waals surface area contributed by atoms with Gasteiger partial charge in [0, 0.05) is 18.8 Å². The van der Waals surface area contributed by atoms with Crippen LogP contribution >= 0.6 is 0 Å². The van der Waals surface area contributed by atoms with Gasteiger partial charge in [0.05, 0.1) is 0 Å². The summed E-state index contributed by atoms with van der Waals surface area (Å²) in [6.45, 7) is 16.0. The van der Waals surface area contributed by atoms with Crippen LogP contribution in [0.2, 0.25) is 0 Å². The third kappa shape index (κ3) is 4.36. The van der Waals surface area contributed by atoms with Gasteiger partial charge in [-0.15, -0.1) is 0 Å². The Bertz CT molecular complexity index is 456. The van der Waals surface area contributed by atoms with Crippen LogP contribution in [0.15, 0.2) is 42.6 Å². The van der Waals surface area contributed by atoms with E-state index in [-0.39, 0.29) is 5.41 Å². The molecular formula is C20H31N. The molecule has 1 nitrogen and oxygen atoms in total. The molecule has 116 valence electrons. The van der Waals surface area contributed by atoms with Gasteiger partial charge in [-0.1, -0.05) is 64.6 Å². The Labute approximate surface area is 131 Å². The molecular weight excluding hydrogens is 254 g/mol. The molecule has 0 N–H and O–H groups in total. The van der Waals surface area contributed by atoms with Crippen LogP contribution in [-0.4, -0.2) is 18.0 Å². The van der Waals surface area contributed by atoms with Crippen molar-refractivity contribution in [3.8, 4) is 0 Å². The first kappa shape index (κ1) is 16.1. The van der Waals surface area contributed by atoms with Crippen molar-refractivity contribution in [1.29, 1.82) is 0 Å². The maximum absolute atomic E-state index is 4.30. The number of benzene rings is 1. The monoisotopic (exact) mass is 285 g/mol. The highest BCUT2D eigenvalue weighted by Crippen LogP contribution is 2.38. The van der Waals surface area contributed by atoms with Crippen LogP contribution in [0, 0.1) is 11.3 Å². The Balaban J connectivity index is 2.07. The fourth-order valence-corrected chi connectivity index (χ4v) is 2.96. The molecule has 0 heterocycles. The van der Waals surface area contributed by atoms with Crippen LogP contribution in [0.1, 0.15) is 58.4 Å². The fraction of sp³-hybridized carbons (Fsp3) is 0.600. The first-order valence-corrected chi connectivity index (χ1v) is 8.41. The Kier molecular flexibility index (Phi) is 5.13. The Hall–Kier alpha value is -1.24. The zero-order chi connectivity index (χ0) is 15.5. The Morgan fingerprint density at radius 2 is 1.90 bits per heavy atom. The maximum atomic E-state index is 4.30. The van der Waals surface area contributed by atoms with Gasteiger partial charge in [-0.2, -0.15) is 0 Å². The lowest BCUT2D eigenvalue weighted by molar-refractivity contribution is 0.180. The van der Waals surface area contributed by atoms with Gasteiger partial charge in [0.2, 0.25) is 0 Å². The molecule has 1 aliphatic rings. The molecule has 1 unspecified atom stereocenters. The average Bonchev–Trinajstić information content (AvgIpc) is 3.29. The van der Waals surface area contributed by atoms with E-state index in [1.54, 1.807) is 0 Å². The lowest BCUT2D eigenvalue weighted by Gasteiger charge is -2.39. The second-order valence-electron chi connectivity index (χ2n) is 7.36. The van der Waals surface area contributed by atoms with Crippen LogP contribution in [-0.2, 0) is 0 Å². The molecule has 0 aliphatic heterocycles. The summed E-state index contributed by atoms with van der Waals surface area (Å²) in [6.07, 6.45) is 3.87. The van der Waals surface area contributed by atoms with Crippen molar-refractivity contribution in [2.24, 2.45) is 11.3 Å². The van der Waals surface area contributed by atoms with Crippen molar-refractivity contribution < 1.29 is 0 Å². The van der Waals surface area contributed by atoms with Crippen LogP contribution < -0.4 is 0 Å². The smallest absolute Gasteiger partial charge is 0.0231 e. The summed E-state index contributed by atoms with van der Waals surface area (Å²) < 4.78 is 0. The molecule has 1 aliphatic carbocycles. The minimum absolute atomic E-state index is 0.244. The molecule has 0 radical (unpaired) electrons. The minimum Gasteiger partial charge on any atom is -0.374 e. The third-order valence-corrected chi connectivity index (χ3v) is 5.10. The van der Waals surface area contributed by atoms with Gasteiger partial charge in [0.1, 0.15) is 0 Å². The Morgan fingerprint density at radius 1 is 1.29 bits per heavy atom. The molecule has 1 aromatic carbocycles. The fourth-order valence-electron chi connectivity index (χ4n) is 2.96. The largest absolute Gasteiger partial charge is 0.374 e. The van der Waals surface area contributed by atoms with Crippen molar-refractivity contribution in [2.45, 2.75) is 52.9 Å². The normalized spacial score (nSPS) is 16.6. The average molecular weight is 285 g/mol. The number of allylic oxidation sites excluding steroid dienone is 1. The van der Waals surface area contributed by atoms with Crippen molar-refractivity contribution in [3.05, 3.63) is 48.2 Å². The second kappa shape index (κ2) is 6.68. The number of nitrogens with zero attached hydrogens (tertiary/aromatic N) is 1. The van der Waals surface area contributed by atoms with Crippen molar-refractivity contribution >= 4 is 0 Å². The quantitative estimate of drug-likeness (QED) is 0.613. The molecule has 0 aromatic heterocycles. The van der Waals surface area contributed by atoms with E-state index in [0.29, 0.717) is 5.92 Å². The zero-order valence-corrected chi connectivity index (χ0v) is 14.2. The third-order valence-electron chi connectivity index (χ3n) is 5.10. The molecule has 1 heteroatoms. The number of rotatable bonds is 8. The van der Waals surface area contributed by atoms with Crippen molar-refractivity contribution in [1.82, 2.24) is 4.90 Å². The van der Waals surface area contributed by atoms with E-state index in [0.717, 1.165) is 18.9 Å². The van der Waals surface area contributed by atoms with Gasteiger partial charge in [-0.05, 0) is 42.1 Å². The summed E-state index contributed by atoms with van der Waals surface area (Å²) in [5.74, 6) is 1.46. The highest BCUT2D eigenvalue weighted by molar-refractivity contribution is 5.21. The summed E-state index contributed by atoms with van der Waals surface area (Å²) in [5.41, 5.74) is 2.99. The summed E-state index contributed by atoms with van der Waals surface area (Å²) in [4.78, 5) is 2.55. The highest BCUT2D eigenvalue weighted by atomic mass is 15.1. The molecule has 0 saturated heterocycles. The molecule has 0 amide bonds. The lowest BCUT2D eigenvalue weighted by Crippen LogP contribution is -2.37. The zero-order valence-electron chi connectivity index (χ0n) is 14.2. The van der Waals surface area contributed by atoms with Gasteiger partial charge in [-0.25, -0.2) is 0 Å². The summed E-state index contributed by atoms with van der Waals surface area (Å²) in [6, 6.07) is 10.9.